The van der Waals surface area contributed by atoms with Crippen molar-refractivity contribution in [2.24, 2.45) is 0 Å². The third-order valence-electron chi connectivity index (χ3n) is 4.11. The number of hydrogen-bond donors (Lipinski definition) is 0. The maximum absolute atomic E-state index is 2.39. The lowest BCUT2D eigenvalue weighted by Gasteiger charge is -2.30. The summed E-state index contributed by atoms with van der Waals surface area (Å²) in [5.41, 5.74) is 4.36. The van der Waals surface area contributed by atoms with E-state index in [0.717, 1.165) is 0 Å². The molecule has 0 saturated carbocycles. The smallest absolute Gasteiger partial charge is 0.0449 e. The zero-order valence-corrected chi connectivity index (χ0v) is 9.71. The fraction of sp³-hybridized carbons (Fsp3) is 0.250. The molecular weight excluding hydrogens is 206 g/mol. The van der Waals surface area contributed by atoms with Crippen LogP contribution in [-0.4, -0.2) is 4.57 Å². The summed E-state index contributed by atoms with van der Waals surface area (Å²) < 4.78 is 2.28. The highest BCUT2D eigenvalue weighted by Crippen LogP contribution is 2.45. The van der Waals surface area contributed by atoms with Crippen molar-refractivity contribution in [1.82, 2.24) is 4.57 Å². The van der Waals surface area contributed by atoms with Crippen molar-refractivity contribution in [2.45, 2.75) is 24.7 Å². The minimum atomic E-state index is 0.667. The van der Waals surface area contributed by atoms with Gasteiger partial charge in [-0.25, -0.2) is 0 Å². The Labute approximate surface area is 101 Å². The molecule has 3 aliphatic rings. The molecule has 0 N–H and O–H groups in total. The molecule has 0 radical (unpaired) electrons. The van der Waals surface area contributed by atoms with Crippen LogP contribution < -0.4 is 0 Å². The molecule has 1 heteroatoms. The molecule has 3 aliphatic carbocycles. The van der Waals surface area contributed by atoms with Crippen molar-refractivity contribution in [3.8, 4) is 5.69 Å². The van der Waals surface area contributed by atoms with Crippen molar-refractivity contribution in [1.29, 1.82) is 0 Å². The van der Waals surface area contributed by atoms with Crippen LogP contribution in [0.3, 0.4) is 0 Å². The maximum Gasteiger partial charge on any atom is 0.0449 e. The van der Waals surface area contributed by atoms with Gasteiger partial charge in [-0.1, -0.05) is 30.4 Å². The summed E-state index contributed by atoms with van der Waals surface area (Å²) >= 11 is 0. The van der Waals surface area contributed by atoms with E-state index in [9.17, 15) is 0 Å². The summed E-state index contributed by atoms with van der Waals surface area (Å²) in [6, 6.07) is 10.6. The number of fused-ring (bicyclic) bond motifs is 1. The van der Waals surface area contributed by atoms with Crippen LogP contribution in [0.2, 0.25) is 0 Å². The van der Waals surface area contributed by atoms with E-state index in [1.807, 2.05) is 0 Å². The number of hydrogen-bond acceptors (Lipinski definition) is 0. The Kier molecular flexibility index (Phi) is 1.84. The first kappa shape index (κ1) is 9.29. The predicted octanol–water partition coefficient (Wildman–Crippen LogP) is 4.01. The van der Waals surface area contributed by atoms with E-state index in [2.05, 4.69) is 59.4 Å². The highest BCUT2D eigenvalue weighted by atomic mass is 14.9. The Morgan fingerprint density at radius 3 is 1.94 bits per heavy atom. The Hall–Kier alpha value is -1.76. The Morgan fingerprint density at radius 1 is 0.824 bits per heavy atom. The molecule has 1 heterocycles. The van der Waals surface area contributed by atoms with Gasteiger partial charge in [-0.15, -0.1) is 0 Å². The van der Waals surface area contributed by atoms with E-state index >= 15 is 0 Å². The maximum atomic E-state index is 2.39. The van der Waals surface area contributed by atoms with Gasteiger partial charge in [-0.05, 0) is 36.1 Å². The van der Waals surface area contributed by atoms with Crippen molar-refractivity contribution >= 4 is 0 Å². The van der Waals surface area contributed by atoms with Gasteiger partial charge < -0.3 is 4.57 Å². The lowest BCUT2D eigenvalue weighted by atomic mass is 9.74. The molecule has 0 aliphatic heterocycles. The molecule has 0 fully saturated rings. The Morgan fingerprint density at radius 2 is 1.41 bits per heavy atom. The summed E-state index contributed by atoms with van der Waals surface area (Å²) in [4.78, 5) is 0. The molecule has 2 unspecified atom stereocenters. The van der Waals surface area contributed by atoms with Gasteiger partial charge in [0.15, 0.2) is 0 Å². The van der Waals surface area contributed by atoms with Crippen LogP contribution in [0.4, 0.5) is 0 Å². The molecule has 2 atom stereocenters. The number of para-hydroxylation sites is 1. The first-order chi connectivity index (χ1) is 8.42. The molecule has 1 aromatic carbocycles. The summed E-state index contributed by atoms with van der Waals surface area (Å²) in [5.74, 6) is 1.33. The highest BCUT2D eigenvalue weighted by molar-refractivity contribution is 5.46. The van der Waals surface area contributed by atoms with E-state index in [1.165, 1.54) is 18.5 Å². The Bertz CT molecular complexity index is 545. The third kappa shape index (κ3) is 1.32. The second kappa shape index (κ2) is 3.36. The summed E-state index contributed by atoms with van der Waals surface area (Å²) in [6.07, 6.45) is 12.1. The van der Waals surface area contributed by atoms with Gasteiger partial charge in [0.25, 0.3) is 0 Å². The van der Waals surface area contributed by atoms with E-state index in [0.29, 0.717) is 11.8 Å². The minimum Gasteiger partial charge on any atom is -0.323 e. The van der Waals surface area contributed by atoms with Crippen LogP contribution in [0.1, 0.15) is 35.8 Å². The quantitative estimate of drug-likeness (QED) is 0.641. The van der Waals surface area contributed by atoms with Crippen LogP contribution >= 0.6 is 0 Å². The first-order valence-electron chi connectivity index (χ1n) is 6.37. The van der Waals surface area contributed by atoms with Crippen LogP contribution in [-0.2, 0) is 0 Å². The molecule has 1 aromatic heterocycles. The highest BCUT2D eigenvalue weighted by Gasteiger charge is 2.30. The number of benzene rings is 1. The van der Waals surface area contributed by atoms with E-state index in [4.69, 9.17) is 0 Å². The zero-order valence-electron chi connectivity index (χ0n) is 9.71. The van der Waals surface area contributed by atoms with Gasteiger partial charge in [0.1, 0.15) is 0 Å². The van der Waals surface area contributed by atoms with E-state index < -0.39 is 0 Å². The second-order valence-corrected chi connectivity index (χ2v) is 5.09. The molecular formula is C16H15N. The molecule has 0 amide bonds. The fourth-order valence-corrected chi connectivity index (χ4v) is 3.19. The second-order valence-electron chi connectivity index (χ2n) is 5.09. The lowest BCUT2D eigenvalue weighted by molar-refractivity contribution is 0.557. The van der Waals surface area contributed by atoms with Crippen molar-refractivity contribution < 1.29 is 0 Å². The molecule has 84 valence electrons. The van der Waals surface area contributed by atoms with E-state index in [-0.39, 0.29) is 0 Å². The largest absolute Gasteiger partial charge is 0.323 e. The van der Waals surface area contributed by atoms with Gasteiger partial charge in [0.2, 0.25) is 0 Å². The van der Waals surface area contributed by atoms with Gasteiger partial charge in [-0.2, -0.15) is 0 Å². The minimum absolute atomic E-state index is 0.667. The summed E-state index contributed by atoms with van der Waals surface area (Å²) in [6.45, 7) is 0. The molecule has 0 spiro atoms. The summed E-state index contributed by atoms with van der Waals surface area (Å²) in [5, 5.41) is 0. The average molecular weight is 221 g/mol. The monoisotopic (exact) mass is 221 g/mol. The topological polar surface area (TPSA) is 4.93 Å². The van der Waals surface area contributed by atoms with E-state index in [1.54, 1.807) is 11.1 Å². The number of allylic oxidation sites excluding steroid dienone is 2. The van der Waals surface area contributed by atoms with Gasteiger partial charge >= 0.3 is 0 Å². The average Bonchev–Trinajstić information content (AvgIpc) is 2.88. The molecule has 17 heavy (non-hydrogen) atoms. The molecule has 2 aromatic rings. The van der Waals surface area contributed by atoms with Crippen molar-refractivity contribution in [3.05, 3.63) is 66.0 Å². The zero-order chi connectivity index (χ0) is 11.2. The standard InChI is InChI=1S/C16H15N/c1-2-4-14(5-3-1)17-10-15-12-6-7-13(9-8-12)16(15)11-17/h1-7,10-13H,8-9H2. The van der Waals surface area contributed by atoms with Gasteiger partial charge in [-0.3, -0.25) is 0 Å². The molecule has 2 bridgehead atoms. The number of rotatable bonds is 1. The van der Waals surface area contributed by atoms with Crippen LogP contribution in [0.5, 0.6) is 0 Å². The van der Waals surface area contributed by atoms with Crippen molar-refractivity contribution in [3.63, 3.8) is 0 Å². The lowest BCUT2D eigenvalue weighted by Crippen LogP contribution is -2.14. The summed E-state index contributed by atoms with van der Waals surface area (Å²) in [7, 11) is 0. The normalized spacial score (nSPS) is 24.9. The predicted molar refractivity (Wildman–Crippen MR) is 69.6 cm³/mol. The van der Waals surface area contributed by atoms with Crippen LogP contribution in [0.15, 0.2) is 54.9 Å². The SMILES string of the molecule is C1=CC2CCC1c1cn(-c3ccccc3)cc12. The van der Waals surface area contributed by atoms with Gasteiger partial charge in [0, 0.05) is 29.9 Å². The van der Waals surface area contributed by atoms with Gasteiger partial charge in [0.05, 0.1) is 0 Å². The number of aromatic nitrogens is 1. The first-order valence-corrected chi connectivity index (χ1v) is 6.37. The number of nitrogens with zero attached hydrogens (tertiary/aromatic N) is 1. The Balaban J connectivity index is 1.85. The van der Waals surface area contributed by atoms with Crippen LogP contribution in [0, 0.1) is 0 Å². The van der Waals surface area contributed by atoms with Crippen molar-refractivity contribution in [2.75, 3.05) is 0 Å². The molecule has 0 saturated heterocycles. The fourth-order valence-electron chi connectivity index (χ4n) is 3.19. The third-order valence-corrected chi connectivity index (χ3v) is 4.11. The van der Waals surface area contributed by atoms with Crippen LogP contribution in [0.25, 0.3) is 5.69 Å². The molecule has 5 rings (SSSR count). The molecule has 1 nitrogen and oxygen atoms in total.